The minimum Gasteiger partial charge on any atom is -0.337 e. The van der Waals surface area contributed by atoms with Crippen LogP contribution in [0.4, 0.5) is 0 Å². The van der Waals surface area contributed by atoms with Crippen LogP contribution >= 0.6 is 0 Å². The fourth-order valence-corrected chi connectivity index (χ4v) is 4.79. The van der Waals surface area contributed by atoms with Gasteiger partial charge in [0, 0.05) is 75.8 Å². The average Bonchev–Trinajstić information content (AvgIpc) is 3.32. The first-order valence-electron chi connectivity index (χ1n) is 12.1. The fraction of sp³-hybridized carbons (Fsp3) is 0.286. The van der Waals surface area contributed by atoms with Gasteiger partial charge in [0.05, 0.1) is 12.0 Å². The summed E-state index contributed by atoms with van der Waals surface area (Å²) in [6, 6.07) is 18.5. The molecule has 0 spiro atoms. The zero-order valence-electron chi connectivity index (χ0n) is 19.8. The van der Waals surface area contributed by atoms with Gasteiger partial charge in [-0.3, -0.25) is 19.7 Å². The first-order valence-corrected chi connectivity index (χ1v) is 12.1. The van der Waals surface area contributed by atoms with Gasteiger partial charge in [-0.15, -0.1) is 0 Å². The number of aromatic nitrogens is 4. The summed E-state index contributed by atoms with van der Waals surface area (Å²) < 4.78 is 2.01. The molecule has 1 atom stereocenters. The summed E-state index contributed by atoms with van der Waals surface area (Å²) in [5.41, 5.74) is 4.08. The molecule has 178 valence electrons. The summed E-state index contributed by atoms with van der Waals surface area (Å²) in [6.45, 7) is 4.73. The van der Waals surface area contributed by atoms with Gasteiger partial charge in [0.25, 0.3) is 5.91 Å². The maximum absolute atomic E-state index is 13.6. The Bertz CT molecular complexity index is 1210. The molecule has 7 nitrogen and oxygen atoms in total. The van der Waals surface area contributed by atoms with Crippen LogP contribution in [0.15, 0.2) is 91.9 Å². The van der Waals surface area contributed by atoms with Crippen LogP contribution in [0.2, 0.25) is 0 Å². The zero-order valence-corrected chi connectivity index (χ0v) is 19.8. The monoisotopic (exact) mass is 466 g/mol. The van der Waals surface area contributed by atoms with Gasteiger partial charge in [-0.25, -0.2) is 4.98 Å². The molecule has 1 aliphatic rings. The number of rotatable bonds is 7. The number of imidazole rings is 1. The number of benzene rings is 2. The smallest absolute Gasteiger partial charge is 0.253 e. The van der Waals surface area contributed by atoms with Crippen LogP contribution in [0, 0.1) is 5.92 Å². The van der Waals surface area contributed by atoms with E-state index in [2.05, 4.69) is 50.2 Å². The molecular weight excluding hydrogens is 436 g/mol. The highest BCUT2D eigenvalue weighted by atomic mass is 16.2. The van der Waals surface area contributed by atoms with E-state index in [1.165, 1.54) is 5.56 Å². The van der Waals surface area contributed by atoms with Crippen molar-refractivity contribution in [1.82, 2.24) is 29.3 Å². The Balaban J connectivity index is 1.33. The van der Waals surface area contributed by atoms with Crippen molar-refractivity contribution in [2.24, 2.45) is 5.92 Å². The number of carbonyl (C=O) groups is 1. The number of amides is 1. The van der Waals surface area contributed by atoms with Crippen molar-refractivity contribution in [2.75, 3.05) is 26.2 Å². The SMILES string of the molecule is O=C(c1cccc(Cn2ccnc2)c1)N1CCN(Cc2ccccc2)C[C@@H](Cc2cnccn2)C1. The van der Waals surface area contributed by atoms with E-state index in [-0.39, 0.29) is 11.8 Å². The fourth-order valence-electron chi connectivity index (χ4n) is 4.79. The lowest BCUT2D eigenvalue weighted by atomic mass is 10.0. The molecule has 2 aromatic heterocycles. The van der Waals surface area contributed by atoms with Crippen LogP contribution in [0.3, 0.4) is 0 Å². The van der Waals surface area contributed by atoms with Gasteiger partial charge in [0.15, 0.2) is 0 Å². The summed E-state index contributed by atoms with van der Waals surface area (Å²) in [7, 11) is 0. The molecule has 4 aromatic rings. The van der Waals surface area contributed by atoms with Crippen molar-refractivity contribution in [2.45, 2.75) is 19.5 Å². The summed E-state index contributed by atoms with van der Waals surface area (Å²) in [6.07, 6.45) is 11.6. The summed E-state index contributed by atoms with van der Waals surface area (Å²) in [5, 5.41) is 0. The third-order valence-corrected chi connectivity index (χ3v) is 6.43. The number of hydrogen-bond donors (Lipinski definition) is 0. The molecule has 0 N–H and O–H groups in total. The maximum Gasteiger partial charge on any atom is 0.253 e. The van der Waals surface area contributed by atoms with Crippen LogP contribution in [-0.4, -0.2) is 61.4 Å². The Hall–Kier alpha value is -3.84. The van der Waals surface area contributed by atoms with E-state index in [1.807, 2.05) is 46.1 Å². The zero-order chi connectivity index (χ0) is 23.9. The number of hydrogen-bond acceptors (Lipinski definition) is 5. The minimum atomic E-state index is 0.0863. The van der Waals surface area contributed by atoms with Crippen molar-refractivity contribution < 1.29 is 4.79 Å². The normalized spacial score (nSPS) is 16.7. The second-order valence-electron chi connectivity index (χ2n) is 9.17. The number of nitrogens with zero attached hydrogens (tertiary/aromatic N) is 6. The minimum absolute atomic E-state index is 0.0863. The van der Waals surface area contributed by atoms with E-state index in [0.717, 1.165) is 42.9 Å². The first kappa shape index (κ1) is 22.9. The molecule has 7 heteroatoms. The highest BCUT2D eigenvalue weighted by molar-refractivity contribution is 5.94. The summed E-state index contributed by atoms with van der Waals surface area (Å²) in [4.78, 5) is 31.0. The molecular formula is C28H30N6O. The molecule has 1 saturated heterocycles. The second-order valence-corrected chi connectivity index (χ2v) is 9.17. The predicted octanol–water partition coefficient (Wildman–Crippen LogP) is 3.54. The van der Waals surface area contributed by atoms with Gasteiger partial charge >= 0.3 is 0 Å². The third kappa shape index (κ3) is 6.19. The van der Waals surface area contributed by atoms with E-state index in [9.17, 15) is 4.79 Å². The lowest BCUT2D eigenvalue weighted by Crippen LogP contribution is -2.36. The standard InChI is InChI=1S/C28H30N6O/c35-28(26-8-4-7-24(15-26)19-33-12-11-30-22-33)34-14-13-32(18-23-5-2-1-3-6-23)20-25(21-34)16-27-17-29-9-10-31-27/h1-12,15,17,22,25H,13-14,16,18-21H2/t25-/m1/s1. The molecule has 2 aromatic carbocycles. The largest absolute Gasteiger partial charge is 0.337 e. The van der Waals surface area contributed by atoms with Crippen molar-refractivity contribution >= 4 is 5.91 Å². The molecule has 35 heavy (non-hydrogen) atoms. The van der Waals surface area contributed by atoms with Crippen molar-refractivity contribution in [3.63, 3.8) is 0 Å². The van der Waals surface area contributed by atoms with E-state index in [0.29, 0.717) is 19.6 Å². The Morgan fingerprint density at radius 1 is 0.886 bits per heavy atom. The number of carbonyl (C=O) groups excluding carboxylic acids is 1. The van der Waals surface area contributed by atoms with Gasteiger partial charge < -0.3 is 9.47 Å². The molecule has 1 fully saturated rings. The van der Waals surface area contributed by atoms with E-state index >= 15 is 0 Å². The van der Waals surface area contributed by atoms with Gasteiger partial charge in [0.2, 0.25) is 0 Å². The average molecular weight is 467 g/mol. The van der Waals surface area contributed by atoms with Gasteiger partial charge in [-0.05, 0) is 35.6 Å². The molecule has 0 saturated carbocycles. The highest BCUT2D eigenvalue weighted by Gasteiger charge is 2.27. The predicted molar refractivity (Wildman–Crippen MR) is 135 cm³/mol. The van der Waals surface area contributed by atoms with Gasteiger partial charge in [-0.1, -0.05) is 42.5 Å². The summed E-state index contributed by atoms with van der Waals surface area (Å²) >= 11 is 0. The molecule has 5 rings (SSSR count). The maximum atomic E-state index is 13.6. The molecule has 0 aliphatic carbocycles. The molecule has 0 unspecified atom stereocenters. The Labute approximate surface area is 206 Å². The molecule has 1 aliphatic heterocycles. The van der Waals surface area contributed by atoms with Crippen LogP contribution in [0.1, 0.15) is 27.2 Å². The van der Waals surface area contributed by atoms with E-state index < -0.39 is 0 Å². The summed E-state index contributed by atoms with van der Waals surface area (Å²) in [5.74, 6) is 0.360. The topological polar surface area (TPSA) is 67.2 Å². The van der Waals surface area contributed by atoms with Crippen molar-refractivity contribution in [1.29, 1.82) is 0 Å². The van der Waals surface area contributed by atoms with Crippen molar-refractivity contribution in [3.05, 3.63) is 114 Å². The molecule has 0 bridgehead atoms. The molecule has 1 amide bonds. The van der Waals surface area contributed by atoms with Gasteiger partial charge in [0.1, 0.15) is 0 Å². The first-order chi connectivity index (χ1) is 17.2. The molecule has 3 heterocycles. The molecule has 0 radical (unpaired) electrons. The quantitative estimate of drug-likeness (QED) is 0.417. The van der Waals surface area contributed by atoms with Crippen LogP contribution in [-0.2, 0) is 19.5 Å². The van der Waals surface area contributed by atoms with E-state index in [1.54, 1.807) is 24.9 Å². The Kier molecular flexibility index (Phi) is 7.24. The lowest BCUT2D eigenvalue weighted by molar-refractivity contribution is 0.0745. The lowest BCUT2D eigenvalue weighted by Gasteiger charge is -2.24. The van der Waals surface area contributed by atoms with E-state index in [4.69, 9.17) is 0 Å². The van der Waals surface area contributed by atoms with Crippen LogP contribution in [0.25, 0.3) is 0 Å². The Morgan fingerprint density at radius 2 is 1.77 bits per heavy atom. The van der Waals surface area contributed by atoms with Gasteiger partial charge in [-0.2, -0.15) is 0 Å². The highest BCUT2D eigenvalue weighted by Crippen LogP contribution is 2.19. The van der Waals surface area contributed by atoms with Crippen LogP contribution in [0.5, 0.6) is 0 Å². The van der Waals surface area contributed by atoms with Crippen LogP contribution < -0.4 is 0 Å². The third-order valence-electron chi connectivity index (χ3n) is 6.43. The second kappa shape index (κ2) is 11.1. The van der Waals surface area contributed by atoms with Crippen molar-refractivity contribution in [3.8, 4) is 0 Å². The Morgan fingerprint density at radius 3 is 2.57 bits per heavy atom.